The van der Waals surface area contributed by atoms with E-state index >= 15 is 0 Å². The Labute approximate surface area is 229 Å². The van der Waals surface area contributed by atoms with Crippen LogP contribution in [0, 0.1) is 12.3 Å². The molecule has 40 heavy (non-hydrogen) atoms. The van der Waals surface area contributed by atoms with E-state index in [1.54, 1.807) is 29.8 Å². The average molecular weight is 554 g/mol. The number of aromatic nitrogens is 4. The normalized spacial score (nSPS) is 13.0. The van der Waals surface area contributed by atoms with Crippen molar-refractivity contribution in [1.82, 2.24) is 29.2 Å². The lowest BCUT2D eigenvalue weighted by Crippen LogP contribution is -2.36. The van der Waals surface area contributed by atoms with Gasteiger partial charge >= 0.3 is 0 Å². The second-order valence-electron chi connectivity index (χ2n) is 9.30. The van der Waals surface area contributed by atoms with Crippen LogP contribution in [0.5, 0.6) is 0 Å². The van der Waals surface area contributed by atoms with Gasteiger partial charge in [0.05, 0.1) is 17.1 Å². The molecule has 0 bridgehead atoms. The third-order valence-electron chi connectivity index (χ3n) is 6.98. The Hall–Kier alpha value is -4.99. The summed E-state index contributed by atoms with van der Waals surface area (Å²) < 4.78 is 31.8. The Bertz CT molecular complexity index is 2060. The third-order valence-corrected chi connectivity index (χ3v) is 7.98. The predicted octanol–water partition coefficient (Wildman–Crippen LogP) is 2.29. The van der Waals surface area contributed by atoms with Gasteiger partial charge in [0.15, 0.2) is 11.5 Å². The summed E-state index contributed by atoms with van der Waals surface area (Å²) in [6, 6.07) is 13.8. The van der Waals surface area contributed by atoms with Gasteiger partial charge in [0.1, 0.15) is 5.56 Å². The lowest BCUT2D eigenvalue weighted by Gasteiger charge is -2.30. The van der Waals surface area contributed by atoms with Crippen molar-refractivity contribution in [2.24, 2.45) is 0 Å². The molecule has 0 fully saturated rings. The van der Waals surface area contributed by atoms with Crippen LogP contribution in [0.15, 0.2) is 65.7 Å². The summed E-state index contributed by atoms with van der Waals surface area (Å²) >= 11 is 0. The fourth-order valence-electron chi connectivity index (χ4n) is 5.20. The Balaban J connectivity index is 1.51. The first-order valence-electron chi connectivity index (χ1n) is 12.3. The van der Waals surface area contributed by atoms with Gasteiger partial charge < -0.3 is 5.32 Å². The molecule has 3 N–H and O–H groups in total. The average Bonchev–Trinajstić information content (AvgIpc) is 3.30. The first kappa shape index (κ1) is 25.3. The minimum Gasteiger partial charge on any atom is -0.344 e. The summed E-state index contributed by atoms with van der Waals surface area (Å²) in [6.07, 6.45) is 9.38. The largest absolute Gasteiger partial charge is 0.344 e. The van der Waals surface area contributed by atoms with Gasteiger partial charge in [0, 0.05) is 37.1 Å². The molecule has 0 radical (unpaired) electrons. The standard InChI is InChI=1S/C28H23N7O4S/c1-4-17-11-12-18-15-20-21(18)22(17)28(37)35(19-9-6-5-7-10-19)24(20)16(2)31-27(36)23-25(33-40(38,39)29-3)32-34-14-8-13-30-26(23)34/h1,5-14,16,29H,15H2,2-3H3,(H,31,36)(H,32,33)/t16-/m0/s1. The van der Waals surface area contributed by atoms with Crippen LogP contribution in [0.3, 0.4) is 0 Å². The van der Waals surface area contributed by atoms with Gasteiger partial charge in [-0.25, -0.2) is 14.2 Å². The molecule has 2 aromatic carbocycles. The molecule has 1 aliphatic rings. The van der Waals surface area contributed by atoms with Crippen LogP contribution in [0.2, 0.25) is 0 Å². The summed E-state index contributed by atoms with van der Waals surface area (Å²) in [7, 11) is -2.74. The van der Waals surface area contributed by atoms with Crippen LogP contribution in [0.1, 0.15) is 45.7 Å². The maximum atomic E-state index is 14.0. The van der Waals surface area contributed by atoms with E-state index in [-0.39, 0.29) is 22.6 Å². The van der Waals surface area contributed by atoms with Crippen molar-refractivity contribution >= 4 is 38.4 Å². The number of terminal acetylenes is 1. The lowest BCUT2D eigenvalue weighted by molar-refractivity contribution is 0.0941. The highest BCUT2D eigenvalue weighted by molar-refractivity contribution is 7.90. The number of pyridine rings is 1. The van der Waals surface area contributed by atoms with Crippen LogP contribution in [0.25, 0.3) is 22.1 Å². The highest BCUT2D eigenvalue weighted by atomic mass is 32.2. The second kappa shape index (κ2) is 9.33. The Morgan fingerprint density at radius 3 is 2.62 bits per heavy atom. The number of carbonyl (C=O) groups is 1. The molecule has 200 valence electrons. The van der Waals surface area contributed by atoms with Crippen molar-refractivity contribution in [3.63, 3.8) is 0 Å². The van der Waals surface area contributed by atoms with E-state index in [0.29, 0.717) is 28.8 Å². The fourth-order valence-corrected chi connectivity index (χ4v) is 5.70. The molecule has 1 atom stereocenters. The summed E-state index contributed by atoms with van der Waals surface area (Å²) in [5, 5.41) is 8.43. The molecule has 1 amide bonds. The Kier molecular flexibility index (Phi) is 5.90. The fraction of sp³-hybridized carbons (Fsp3) is 0.143. The zero-order chi connectivity index (χ0) is 28.2. The molecule has 3 aromatic heterocycles. The minimum absolute atomic E-state index is 0.0606. The van der Waals surface area contributed by atoms with E-state index in [9.17, 15) is 18.0 Å². The molecule has 0 spiro atoms. The highest BCUT2D eigenvalue weighted by Crippen LogP contribution is 2.39. The molecule has 6 rings (SSSR count). The van der Waals surface area contributed by atoms with Crippen molar-refractivity contribution in [1.29, 1.82) is 0 Å². The molecule has 12 heteroatoms. The number of rotatable bonds is 7. The quantitative estimate of drug-likeness (QED) is 0.259. The van der Waals surface area contributed by atoms with Crippen LogP contribution in [0.4, 0.5) is 5.82 Å². The Morgan fingerprint density at radius 2 is 1.90 bits per heavy atom. The Morgan fingerprint density at radius 1 is 1.12 bits per heavy atom. The molecule has 5 aromatic rings. The number of fused-ring (bicyclic) bond motifs is 1. The maximum Gasteiger partial charge on any atom is 0.300 e. The molecular formula is C28H23N7O4S. The van der Waals surface area contributed by atoms with Crippen molar-refractivity contribution in [3.05, 3.63) is 99.2 Å². The molecule has 11 nitrogen and oxygen atoms in total. The number of hydrogen-bond donors (Lipinski definition) is 3. The summed E-state index contributed by atoms with van der Waals surface area (Å²) in [6.45, 7) is 1.77. The minimum atomic E-state index is -3.98. The van der Waals surface area contributed by atoms with Crippen molar-refractivity contribution in [3.8, 4) is 18.0 Å². The lowest BCUT2D eigenvalue weighted by atomic mass is 9.81. The zero-order valence-corrected chi connectivity index (χ0v) is 22.3. The number of para-hydroxylation sites is 1. The number of carbonyl (C=O) groups excluding carboxylic acids is 1. The zero-order valence-electron chi connectivity index (χ0n) is 21.5. The van der Waals surface area contributed by atoms with Gasteiger partial charge in [-0.15, -0.1) is 11.5 Å². The van der Waals surface area contributed by atoms with E-state index in [1.807, 2.05) is 36.4 Å². The van der Waals surface area contributed by atoms with Crippen LogP contribution < -0.4 is 20.3 Å². The van der Waals surface area contributed by atoms with Crippen LogP contribution in [-0.4, -0.2) is 40.5 Å². The maximum absolute atomic E-state index is 14.0. The number of hydrogen-bond acceptors (Lipinski definition) is 6. The van der Waals surface area contributed by atoms with Crippen molar-refractivity contribution < 1.29 is 13.2 Å². The molecule has 3 heterocycles. The highest BCUT2D eigenvalue weighted by Gasteiger charge is 2.32. The number of amides is 1. The molecule has 0 aliphatic heterocycles. The van der Waals surface area contributed by atoms with Crippen LogP contribution >= 0.6 is 0 Å². The molecule has 0 unspecified atom stereocenters. The van der Waals surface area contributed by atoms with Crippen molar-refractivity contribution in [2.45, 2.75) is 19.4 Å². The summed E-state index contributed by atoms with van der Waals surface area (Å²) in [5.74, 6) is 1.82. The molecular weight excluding hydrogens is 530 g/mol. The second-order valence-corrected chi connectivity index (χ2v) is 10.9. The van der Waals surface area contributed by atoms with Gasteiger partial charge in [-0.1, -0.05) is 30.2 Å². The topological polar surface area (TPSA) is 139 Å². The van der Waals surface area contributed by atoms with Gasteiger partial charge in [-0.2, -0.15) is 8.42 Å². The summed E-state index contributed by atoms with van der Waals surface area (Å²) in [4.78, 5) is 32.0. The molecule has 0 saturated heterocycles. The van der Waals surface area contributed by atoms with Gasteiger partial charge in [-0.05, 0) is 47.7 Å². The van der Waals surface area contributed by atoms with E-state index < -0.39 is 22.2 Å². The third kappa shape index (κ3) is 3.91. The van der Waals surface area contributed by atoms with Gasteiger partial charge in [0.2, 0.25) is 0 Å². The number of anilines is 1. The first-order valence-corrected chi connectivity index (χ1v) is 13.8. The number of nitrogens with one attached hydrogen (secondary N) is 3. The number of benzene rings is 2. The smallest absolute Gasteiger partial charge is 0.300 e. The van der Waals surface area contributed by atoms with Gasteiger partial charge in [-0.3, -0.25) is 18.9 Å². The van der Waals surface area contributed by atoms with E-state index in [2.05, 4.69) is 30.8 Å². The monoisotopic (exact) mass is 553 g/mol. The molecule has 1 aliphatic carbocycles. The first-order chi connectivity index (χ1) is 19.2. The summed E-state index contributed by atoms with van der Waals surface area (Å²) in [5.41, 5.74) is 3.49. The van der Waals surface area contributed by atoms with Crippen LogP contribution in [-0.2, 0) is 16.6 Å². The molecule has 0 saturated carbocycles. The predicted molar refractivity (Wildman–Crippen MR) is 151 cm³/mol. The SMILES string of the molecule is C#Cc1ccc2c3c(c([C@H](C)NC(=O)c4c(NS(=O)(=O)NC)nn5cccnc45)n(-c4ccccc4)c(=O)c13)C2. The van der Waals surface area contributed by atoms with E-state index in [1.165, 1.54) is 17.8 Å². The van der Waals surface area contributed by atoms with Crippen molar-refractivity contribution in [2.75, 3.05) is 11.8 Å². The van der Waals surface area contributed by atoms with E-state index in [0.717, 1.165) is 16.5 Å². The van der Waals surface area contributed by atoms with Gasteiger partial charge in [0.25, 0.3) is 21.7 Å². The number of nitrogens with zero attached hydrogens (tertiary/aromatic N) is 4. The van der Waals surface area contributed by atoms with E-state index in [4.69, 9.17) is 6.42 Å².